The number of anilines is 3. The highest BCUT2D eigenvalue weighted by Gasteiger charge is 2.44. The third-order valence-electron chi connectivity index (χ3n) is 11.9. The Hall–Kier alpha value is -6.79. The van der Waals surface area contributed by atoms with E-state index < -0.39 is 29.7 Å². The molecule has 4 aliphatic heterocycles. The molecule has 2 N–H and O–H groups in total. The number of imide groups is 2. The quantitative estimate of drug-likeness (QED) is 0.115. The molecular weight excluding hydrogens is 812 g/mol. The lowest BCUT2D eigenvalue weighted by atomic mass is 10.0. The van der Waals surface area contributed by atoms with E-state index in [-0.39, 0.29) is 54.8 Å². The number of rotatable bonds is 15. The van der Waals surface area contributed by atoms with E-state index in [1.807, 2.05) is 45.8 Å². The van der Waals surface area contributed by atoms with Crippen molar-refractivity contribution in [2.24, 2.45) is 0 Å². The van der Waals surface area contributed by atoms with Crippen LogP contribution in [-0.4, -0.2) is 131 Å². The average Bonchev–Trinajstić information content (AvgIpc) is 4.02. The van der Waals surface area contributed by atoms with Crippen LogP contribution in [0, 0.1) is 5.82 Å². The molecule has 3 fully saturated rings. The second kappa shape index (κ2) is 18.3. The zero-order valence-electron chi connectivity index (χ0n) is 34.6. The Morgan fingerprint density at radius 2 is 1.62 bits per heavy atom. The van der Waals surface area contributed by atoms with E-state index in [9.17, 15) is 28.4 Å². The molecule has 2 atom stereocenters. The first-order chi connectivity index (χ1) is 30.7. The number of carbonyl (C=O) groups is 5. The van der Waals surface area contributed by atoms with Crippen molar-refractivity contribution in [1.82, 2.24) is 34.7 Å². The number of ether oxygens (including phenoxy) is 2. The third kappa shape index (κ3) is 8.81. The molecule has 0 aliphatic carbocycles. The van der Waals surface area contributed by atoms with Crippen molar-refractivity contribution in [3.63, 3.8) is 0 Å². The van der Waals surface area contributed by atoms with Crippen LogP contribution in [0.1, 0.15) is 64.4 Å². The fourth-order valence-corrected chi connectivity index (χ4v) is 8.71. The third-order valence-corrected chi connectivity index (χ3v) is 11.9. The van der Waals surface area contributed by atoms with E-state index in [0.29, 0.717) is 63.9 Å². The lowest BCUT2D eigenvalue weighted by Crippen LogP contribution is -2.54. The van der Waals surface area contributed by atoms with Crippen molar-refractivity contribution >= 4 is 52.5 Å². The number of hydrogen-bond donors (Lipinski definition) is 2. The van der Waals surface area contributed by atoms with Crippen molar-refractivity contribution in [2.75, 3.05) is 80.8 Å². The highest BCUT2D eigenvalue weighted by molar-refractivity contribution is 6.23. The van der Waals surface area contributed by atoms with Crippen LogP contribution in [0.3, 0.4) is 0 Å². The van der Waals surface area contributed by atoms with Crippen LogP contribution >= 0.6 is 0 Å². The van der Waals surface area contributed by atoms with Crippen LogP contribution < -0.4 is 20.4 Å². The molecular formula is C45H47FN10O7. The minimum Gasteiger partial charge on any atom is -0.383 e. The van der Waals surface area contributed by atoms with Gasteiger partial charge in [-0.05, 0) is 79.4 Å². The second-order valence-corrected chi connectivity index (χ2v) is 15.9. The van der Waals surface area contributed by atoms with Gasteiger partial charge in [0.1, 0.15) is 29.2 Å². The molecule has 2 unspecified atom stereocenters. The molecule has 326 valence electrons. The normalized spacial score (nSPS) is 19.0. The molecule has 0 bridgehead atoms. The standard InChI is InChI=1S/C45H47FN10O7/c46-30-5-1-4-29(26-30)35-7-3-17-54(35)40-13-12-38-48-28-37(56(38)51-40)34-6-2-8-39(49-34)52-18-20-53(21-19-52)42(58)15-22-62-24-25-63-23-16-47-31-9-10-32-33(27-31)45(61)55(44(32)60)36-11-14-41(57)50-43(36)59/h1-2,4-6,8-10,12-13,26-28,35-36,47H,3,7,11,14-25H2,(H,50,57,59). The molecule has 18 heteroatoms. The molecule has 63 heavy (non-hydrogen) atoms. The molecule has 7 heterocycles. The number of hydrogen-bond acceptors (Lipinski definition) is 13. The number of pyridine rings is 1. The van der Waals surface area contributed by atoms with E-state index in [1.165, 1.54) is 6.07 Å². The number of carbonyl (C=O) groups excluding carboxylic acids is 5. The number of imidazole rings is 1. The van der Waals surface area contributed by atoms with E-state index in [2.05, 4.69) is 25.4 Å². The van der Waals surface area contributed by atoms with E-state index in [1.54, 1.807) is 36.5 Å². The van der Waals surface area contributed by atoms with Gasteiger partial charge in [0.25, 0.3) is 11.8 Å². The van der Waals surface area contributed by atoms with Crippen molar-refractivity contribution in [2.45, 2.75) is 44.2 Å². The van der Waals surface area contributed by atoms with Crippen molar-refractivity contribution < 1.29 is 37.8 Å². The highest BCUT2D eigenvalue weighted by atomic mass is 19.1. The van der Waals surface area contributed by atoms with Gasteiger partial charge in [-0.15, -0.1) is 5.10 Å². The smallest absolute Gasteiger partial charge is 0.262 e. The predicted molar refractivity (Wildman–Crippen MR) is 229 cm³/mol. The van der Waals surface area contributed by atoms with E-state index in [4.69, 9.17) is 19.6 Å². The van der Waals surface area contributed by atoms with Gasteiger partial charge in [0, 0.05) is 51.4 Å². The number of fused-ring (bicyclic) bond motifs is 2. The summed E-state index contributed by atoms with van der Waals surface area (Å²) >= 11 is 0. The average molecular weight is 859 g/mol. The molecule has 9 rings (SSSR count). The first-order valence-electron chi connectivity index (χ1n) is 21.3. The van der Waals surface area contributed by atoms with Crippen LogP contribution in [0.2, 0.25) is 0 Å². The summed E-state index contributed by atoms with van der Waals surface area (Å²) in [6.45, 7) is 4.95. The Bertz CT molecular complexity index is 2560. The summed E-state index contributed by atoms with van der Waals surface area (Å²) in [6.07, 6.45) is 4.11. The molecule has 17 nitrogen and oxygen atoms in total. The molecule has 5 amide bonds. The molecule has 4 aliphatic rings. The Balaban J connectivity index is 0.688. The molecule has 5 aromatic rings. The zero-order valence-corrected chi connectivity index (χ0v) is 34.6. The van der Waals surface area contributed by atoms with Gasteiger partial charge in [-0.1, -0.05) is 18.2 Å². The van der Waals surface area contributed by atoms with Crippen LogP contribution in [0.15, 0.2) is 79.0 Å². The number of nitrogens with zero attached hydrogens (tertiary/aromatic N) is 8. The van der Waals surface area contributed by atoms with Crippen LogP contribution in [0.4, 0.5) is 21.7 Å². The summed E-state index contributed by atoms with van der Waals surface area (Å²) in [5.74, 6) is -0.784. The highest BCUT2D eigenvalue weighted by Crippen LogP contribution is 2.36. The molecule has 3 saturated heterocycles. The summed E-state index contributed by atoms with van der Waals surface area (Å²) < 4.78 is 27.3. The number of amides is 5. The number of aromatic nitrogens is 4. The fourth-order valence-electron chi connectivity index (χ4n) is 8.71. The van der Waals surface area contributed by atoms with Gasteiger partial charge < -0.3 is 29.5 Å². The van der Waals surface area contributed by atoms with Gasteiger partial charge in [-0.3, -0.25) is 34.2 Å². The predicted octanol–water partition coefficient (Wildman–Crippen LogP) is 3.86. The second-order valence-electron chi connectivity index (χ2n) is 15.9. The number of nitrogens with one attached hydrogen (secondary N) is 2. The lowest BCUT2D eigenvalue weighted by molar-refractivity contribution is -0.136. The summed E-state index contributed by atoms with van der Waals surface area (Å²) in [5, 5.41) is 10.4. The number of halogens is 1. The van der Waals surface area contributed by atoms with Gasteiger partial charge in [0.05, 0.1) is 61.9 Å². The zero-order chi connectivity index (χ0) is 43.5. The fraction of sp³-hybridized carbons (Fsp3) is 0.378. The summed E-state index contributed by atoms with van der Waals surface area (Å²) in [5.41, 5.74) is 4.19. The number of piperazine rings is 1. The Kier molecular flexibility index (Phi) is 12.1. The Morgan fingerprint density at radius 3 is 2.44 bits per heavy atom. The summed E-state index contributed by atoms with van der Waals surface area (Å²) in [6, 6.07) is 20.4. The van der Waals surface area contributed by atoms with Crippen molar-refractivity contribution in [1.29, 1.82) is 0 Å². The molecule has 0 spiro atoms. The van der Waals surface area contributed by atoms with E-state index >= 15 is 0 Å². The Labute approximate surface area is 362 Å². The first-order valence-corrected chi connectivity index (χ1v) is 21.3. The maximum Gasteiger partial charge on any atom is 0.262 e. The van der Waals surface area contributed by atoms with Gasteiger partial charge in [-0.25, -0.2) is 18.9 Å². The maximum atomic E-state index is 14.1. The Morgan fingerprint density at radius 1 is 0.810 bits per heavy atom. The molecule has 0 saturated carbocycles. The summed E-state index contributed by atoms with van der Waals surface area (Å²) in [4.78, 5) is 79.6. The van der Waals surface area contributed by atoms with Crippen molar-refractivity contribution in [3.8, 4) is 11.4 Å². The summed E-state index contributed by atoms with van der Waals surface area (Å²) in [7, 11) is 0. The lowest BCUT2D eigenvalue weighted by Gasteiger charge is -2.35. The largest absolute Gasteiger partial charge is 0.383 e. The van der Waals surface area contributed by atoms with Crippen LogP contribution in [0.5, 0.6) is 0 Å². The number of benzene rings is 2. The topological polar surface area (TPSA) is 184 Å². The molecule has 3 aromatic heterocycles. The van der Waals surface area contributed by atoms with Gasteiger partial charge in [0.15, 0.2) is 5.65 Å². The minimum absolute atomic E-state index is 0.0292. The SMILES string of the molecule is O=C1CCC(N2C(=O)c3ccc(NCCOCCOCCC(=O)N4CCN(c5cccc(-c6cnc7ccc(N8CCCC8c8cccc(F)c8)nn67)n5)CC4)cc3C2=O)C(=O)N1. The maximum absolute atomic E-state index is 14.1. The molecule has 2 aromatic carbocycles. The van der Waals surface area contributed by atoms with Crippen LogP contribution in [0.25, 0.3) is 17.0 Å². The monoisotopic (exact) mass is 858 g/mol. The number of piperidine rings is 1. The van der Waals surface area contributed by atoms with Gasteiger partial charge in [0.2, 0.25) is 17.7 Å². The first kappa shape index (κ1) is 41.6. The van der Waals surface area contributed by atoms with E-state index in [0.717, 1.165) is 52.9 Å². The minimum atomic E-state index is -1.01. The van der Waals surface area contributed by atoms with Crippen molar-refractivity contribution in [3.05, 3.63) is 102 Å². The van der Waals surface area contributed by atoms with Gasteiger partial charge >= 0.3 is 0 Å². The molecule has 0 radical (unpaired) electrons. The van der Waals surface area contributed by atoms with Gasteiger partial charge in [-0.2, -0.15) is 0 Å². The van der Waals surface area contributed by atoms with Crippen LogP contribution in [-0.2, 0) is 23.9 Å².